The van der Waals surface area contributed by atoms with E-state index in [0.29, 0.717) is 11.0 Å². The molecule has 3 rings (SSSR count). The van der Waals surface area contributed by atoms with Crippen molar-refractivity contribution in [2.75, 3.05) is 0 Å². The monoisotopic (exact) mass is 373 g/mol. The quantitative estimate of drug-likeness (QED) is 0.605. The summed E-state index contributed by atoms with van der Waals surface area (Å²) in [6.45, 7) is 0. The molecule has 1 atom stereocenters. The van der Waals surface area contributed by atoms with Crippen LogP contribution in [-0.4, -0.2) is 21.1 Å². The Kier molecular flexibility index (Phi) is 4.47. The van der Waals surface area contributed by atoms with Crippen molar-refractivity contribution in [3.63, 3.8) is 0 Å². The van der Waals surface area contributed by atoms with E-state index >= 15 is 0 Å². The van der Waals surface area contributed by atoms with Gasteiger partial charge in [-0.2, -0.15) is 13.2 Å². The highest BCUT2D eigenvalue weighted by molar-refractivity contribution is 6.31. The molecule has 0 amide bonds. The number of benzene rings is 1. The molecule has 4 nitrogen and oxygen atoms in total. The third kappa shape index (κ3) is 3.52. The lowest BCUT2D eigenvalue weighted by molar-refractivity contribution is -0.198. The number of ether oxygens (including phenoxy) is 1. The first kappa shape index (κ1) is 16.7. The molecule has 2 heterocycles. The predicted octanol–water partition coefficient (Wildman–Crippen LogP) is 5.01. The van der Waals surface area contributed by atoms with Crippen LogP contribution in [-0.2, 0) is 0 Å². The molecular weight excluding hydrogens is 366 g/mol. The maximum Gasteiger partial charge on any atom is 0.429 e. The third-order valence-electron chi connectivity index (χ3n) is 3.08. The largest absolute Gasteiger partial charge is 0.457 e. The number of aromatic nitrogens is 3. The molecule has 0 saturated carbocycles. The summed E-state index contributed by atoms with van der Waals surface area (Å²) in [6.07, 6.45) is -6.01. The summed E-state index contributed by atoms with van der Waals surface area (Å²) in [5.74, 6) is -0.410. The molecule has 0 radical (unpaired) electrons. The molecule has 0 spiro atoms. The Morgan fingerprint density at radius 1 is 0.958 bits per heavy atom. The second-order valence-electron chi connectivity index (χ2n) is 4.76. The van der Waals surface area contributed by atoms with E-state index < -0.39 is 18.2 Å². The fourth-order valence-electron chi connectivity index (χ4n) is 2.02. The first-order chi connectivity index (χ1) is 11.3. The fourth-order valence-corrected chi connectivity index (χ4v) is 2.30. The van der Waals surface area contributed by atoms with Gasteiger partial charge in [0.05, 0.1) is 11.0 Å². The molecule has 2 aromatic heterocycles. The Morgan fingerprint density at radius 2 is 1.62 bits per heavy atom. The van der Waals surface area contributed by atoms with Crippen LogP contribution < -0.4 is 4.74 Å². The van der Waals surface area contributed by atoms with Crippen LogP contribution in [0.25, 0.3) is 11.0 Å². The molecule has 0 N–H and O–H groups in total. The molecule has 0 saturated heterocycles. The van der Waals surface area contributed by atoms with Gasteiger partial charge in [0, 0.05) is 11.8 Å². The van der Waals surface area contributed by atoms with Crippen molar-refractivity contribution >= 4 is 34.2 Å². The smallest absolute Gasteiger partial charge is 0.429 e. The van der Waals surface area contributed by atoms with Crippen molar-refractivity contribution in [1.82, 2.24) is 15.0 Å². The standard InChI is InChI=1S/C15H8Cl2F3N3O/c16-11-6-5-8(7-21-11)12(15(18,19)20)24-14-13(17)22-9-3-1-2-4-10(9)23-14/h1-7,12H. The number of hydrogen-bond acceptors (Lipinski definition) is 4. The van der Waals surface area contributed by atoms with E-state index in [0.717, 1.165) is 6.20 Å². The lowest BCUT2D eigenvalue weighted by Crippen LogP contribution is -2.26. The summed E-state index contributed by atoms with van der Waals surface area (Å²) in [6, 6.07) is 9.05. The Balaban J connectivity index is 2.01. The first-order valence-electron chi connectivity index (χ1n) is 6.62. The molecule has 0 aliphatic heterocycles. The Bertz CT molecular complexity index is 872. The summed E-state index contributed by atoms with van der Waals surface area (Å²) in [7, 11) is 0. The molecule has 1 aromatic carbocycles. The van der Waals surface area contributed by atoms with Gasteiger partial charge >= 0.3 is 6.18 Å². The van der Waals surface area contributed by atoms with Crippen LogP contribution in [0.1, 0.15) is 11.7 Å². The first-order valence-corrected chi connectivity index (χ1v) is 7.37. The number of halogens is 5. The molecule has 0 aliphatic carbocycles. The maximum absolute atomic E-state index is 13.4. The normalized spacial score (nSPS) is 13.0. The average Bonchev–Trinajstić information content (AvgIpc) is 2.53. The number of rotatable bonds is 3. The van der Waals surface area contributed by atoms with Crippen molar-refractivity contribution in [3.8, 4) is 5.88 Å². The zero-order chi connectivity index (χ0) is 17.3. The number of para-hydroxylation sites is 2. The molecule has 3 aromatic rings. The molecule has 24 heavy (non-hydrogen) atoms. The van der Waals surface area contributed by atoms with Crippen LogP contribution in [0.5, 0.6) is 5.88 Å². The Hall–Kier alpha value is -2.12. The van der Waals surface area contributed by atoms with E-state index in [9.17, 15) is 13.2 Å². The number of pyridine rings is 1. The average molecular weight is 374 g/mol. The highest BCUT2D eigenvalue weighted by Gasteiger charge is 2.44. The molecule has 1 unspecified atom stereocenters. The van der Waals surface area contributed by atoms with Gasteiger partial charge in [-0.1, -0.05) is 41.4 Å². The third-order valence-corrected chi connectivity index (χ3v) is 3.55. The second kappa shape index (κ2) is 6.41. The van der Waals surface area contributed by atoms with Crippen molar-refractivity contribution in [1.29, 1.82) is 0 Å². The summed E-state index contributed by atoms with van der Waals surface area (Å²) < 4.78 is 45.1. The van der Waals surface area contributed by atoms with Crippen molar-refractivity contribution in [2.45, 2.75) is 12.3 Å². The van der Waals surface area contributed by atoms with Crippen molar-refractivity contribution in [3.05, 3.63) is 58.5 Å². The molecule has 0 aliphatic rings. The Morgan fingerprint density at radius 3 is 2.21 bits per heavy atom. The van der Waals surface area contributed by atoms with Crippen LogP contribution in [0.3, 0.4) is 0 Å². The van der Waals surface area contributed by atoms with Crippen LogP contribution in [0.4, 0.5) is 13.2 Å². The minimum atomic E-state index is -4.70. The van der Waals surface area contributed by atoms with E-state index in [1.165, 1.54) is 12.1 Å². The lowest BCUT2D eigenvalue weighted by Gasteiger charge is -2.21. The van der Waals surface area contributed by atoms with E-state index in [2.05, 4.69) is 15.0 Å². The highest BCUT2D eigenvalue weighted by Crippen LogP contribution is 2.38. The molecule has 0 fully saturated rings. The Labute approximate surface area is 144 Å². The van der Waals surface area contributed by atoms with Gasteiger partial charge in [-0.05, 0) is 18.2 Å². The minimum absolute atomic E-state index is 0.0724. The van der Waals surface area contributed by atoms with Gasteiger partial charge in [0.15, 0.2) is 5.15 Å². The highest BCUT2D eigenvalue weighted by atomic mass is 35.5. The van der Waals surface area contributed by atoms with Crippen molar-refractivity contribution in [2.24, 2.45) is 0 Å². The van der Waals surface area contributed by atoms with Gasteiger partial charge in [0.1, 0.15) is 5.15 Å². The van der Waals surface area contributed by atoms with Gasteiger partial charge in [-0.3, -0.25) is 0 Å². The zero-order valence-electron chi connectivity index (χ0n) is 11.8. The summed E-state index contributed by atoms with van der Waals surface area (Å²) in [4.78, 5) is 11.6. The van der Waals surface area contributed by atoms with Crippen molar-refractivity contribution < 1.29 is 17.9 Å². The second-order valence-corrected chi connectivity index (χ2v) is 5.51. The van der Waals surface area contributed by atoms with Gasteiger partial charge in [0.2, 0.25) is 6.10 Å². The lowest BCUT2D eigenvalue weighted by atomic mass is 10.1. The predicted molar refractivity (Wildman–Crippen MR) is 83.2 cm³/mol. The number of alkyl halides is 3. The zero-order valence-corrected chi connectivity index (χ0v) is 13.3. The van der Waals surface area contributed by atoms with Gasteiger partial charge in [-0.15, -0.1) is 0 Å². The fraction of sp³-hybridized carbons (Fsp3) is 0.133. The van der Waals surface area contributed by atoms with Crippen LogP contribution in [0.2, 0.25) is 10.3 Å². The van der Waals surface area contributed by atoms with Crippen LogP contribution >= 0.6 is 23.2 Å². The summed E-state index contributed by atoms with van der Waals surface area (Å²) in [5.41, 5.74) is 0.594. The van der Waals surface area contributed by atoms with Gasteiger partial charge < -0.3 is 4.74 Å². The van der Waals surface area contributed by atoms with E-state index in [1.807, 2.05) is 0 Å². The maximum atomic E-state index is 13.4. The minimum Gasteiger partial charge on any atom is -0.457 e. The number of fused-ring (bicyclic) bond motifs is 1. The molecule has 124 valence electrons. The molecular formula is C15H8Cl2F3N3O. The van der Waals surface area contributed by atoms with E-state index in [1.54, 1.807) is 24.3 Å². The summed E-state index contributed by atoms with van der Waals surface area (Å²) >= 11 is 11.5. The van der Waals surface area contributed by atoms with E-state index in [-0.39, 0.29) is 15.9 Å². The van der Waals surface area contributed by atoms with Crippen LogP contribution in [0.15, 0.2) is 42.6 Å². The summed E-state index contributed by atoms with van der Waals surface area (Å²) in [5, 5.41) is -0.187. The van der Waals surface area contributed by atoms with Crippen LogP contribution in [0, 0.1) is 0 Å². The van der Waals surface area contributed by atoms with Gasteiger partial charge in [0.25, 0.3) is 5.88 Å². The van der Waals surface area contributed by atoms with Gasteiger partial charge in [-0.25, -0.2) is 15.0 Å². The SMILES string of the molecule is FC(F)(F)C(Oc1nc2ccccc2nc1Cl)c1ccc(Cl)nc1. The molecule has 0 bridgehead atoms. The number of hydrogen-bond donors (Lipinski definition) is 0. The topological polar surface area (TPSA) is 47.9 Å². The molecule has 9 heteroatoms. The van der Waals surface area contributed by atoms with E-state index in [4.69, 9.17) is 27.9 Å². The number of nitrogens with zero attached hydrogens (tertiary/aromatic N) is 3.